The molecule has 0 saturated carbocycles. The number of Topliss-reactive ketones (excluding diaryl/α,β-unsaturated/α-hetero) is 1. The first-order valence-electron chi connectivity index (χ1n) is 8.97. The zero-order valence-corrected chi connectivity index (χ0v) is 16.9. The predicted molar refractivity (Wildman–Crippen MR) is 119 cm³/mol. The van der Waals surface area contributed by atoms with Crippen molar-refractivity contribution in [3.8, 4) is 11.8 Å². The molecule has 3 aromatic rings. The number of allylic oxidation sites excluding steroid dienone is 1. The van der Waals surface area contributed by atoms with Crippen LogP contribution in [0.25, 0.3) is 6.08 Å². The first-order chi connectivity index (χ1) is 14.1. The number of nitrogens with one attached hydrogen (secondary N) is 1. The van der Waals surface area contributed by atoms with Crippen molar-refractivity contribution in [1.82, 2.24) is 0 Å². The lowest BCUT2D eigenvalue weighted by Gasteiger charge is -2.19. The number of hydrogen-bond acceptors (Lipinski definition) is 2. The smallest absolute Gasteiger partial charge is 0.205 e. The lowest BCUT2D eigenvalue weighted by Crippen LogP contribution is -2.22. The Bertz CT molecular complexity index is 1210. The van der Waals surface area contributed by atoms with Crippen LogP contribution in [0.2, 0.25) is 5.02 Å². The Kier molecular flexibility index (Phi) is 5.62. The molecule has 1 unspecified atom stereocenters. The fraction of sp³-hybridized carbons (Fsp3) is 0.0417. The number of rotatable bonds is 2. The molecule has 142 valence electrons. The highest BCUT2D eigenvalue weighted by Gasteiger charge is 2.27. The normalized spacial score (nSPS) is 16.5. The van der Waals surface area contributed by atoms with E-state index in [1.807, 2.05) is 42.5 Å². The molecule has 1 atom stereocenters. The zero-order chi connectivity index (χ0) is 20.2. The SMILES string of the molecule is O=C1/C(=C\c2cccc(Cl)c2)S(=O)Nc2ccc(C#CCc3ccccc3)cc21. The number of ketones is 1. The summed E-state index contributed by atoms with van der Waals surface area (Å²) in [5.41, 5.74) is 3.61. The summed E-state index contributed by atoms with van der Waals surface area (Å²) in [6.45, 7) is 0. The standard InChI is InChI=1S/C24H16ClNO2S/c25-20-11-5-10-19(14-20)16-23-24(27)21-15-18(12-13-22(21)26-29(23)28)9-4-8-17-6-2-1-3-7-17/h1-3,5-7,10-16,26H,8H2/b23-16+. The van der Waals surface area contributed by atoms with Crippen LogP contribution >= 0.6 is 11.6 Å². The van der Waals surface area contributed by atoms with E-state index in [0.717, 1.165) is 16.7 Å². The molecule has 0 fully saturated rings. The van der Waals surface area contributed by atoms with Gasteiger partial charge in [-0.15, -0.1) is 0 Å². The molecule has 0 spiro atoms. The van der Waals surface area contributed by atoms with Crippen LogP contribution in [0.3, 0.4) is 0 Å². The second kappa shape index (κ2) is 8.48. The molecule has 1 heterocycles. The fourth-order valence-corrected chi connectivity index (χ4v) is 4.19. The summed E-state index contributed by atoms with van der Waals surface area (Å²) in [6, 6.07) is 22.3. The van der Waals surface area contributed by atoms with Gasteiger partial charge < -0.3 is 4.72 Å². The van der Waals surface area contributed by atoms with Crippen LogP contribution in [0.4, 0.5) is 5.69 Å². The van der Waals surface area contributed by atoms with Gasteiger partial charge in [0.05, 0.1) is 5.69 Å². The van der Waals surface area contributed by atoms with Crippen LogP contribution in [-0.4, -0.2) is 9.99 Å². The van der Waals surface area contributed by atoms with Gasteiger partial charge >= 0.3 is 0 Å². The van der Waals surface area contributed by atoms with Crippen molar-refractivity contribution in [2.24, 2.45) is 0 Å². The Balaban J connectivity index is 1.62. The van der Waals surface area contributed by atoms with Gasteiger partial charge in [0.25, 0.3) is 0 Å². The zero-order valence-electron chi connectivity index (χ0n) is 15.3. The summed E-state index contributed by atoms with van der Waals surface area (Å²) in [7, 11) is -1.63. The fourth-order valence-electron chi connectivity index (χ4n) is 2.98. The van der Waals surface area contributed by atoms with Crippen LogP contribution in [-0.2, 0) is 17.4 Å². The van der Waals surface area contributed by atoms with Crippen molar-refractivity contribution in [2.75, 3.05) is 4.72 Å². The van der Waals surface area contributed by atoms with Gasteiger partial charge in [-0.1, -0.05) is 65.9 Å². The Morgan fingerprint density at radius 2 is 1.83 bits per heavy atom. The lowest BCUT2D eigenvalue weighted by molar-refractivity contribution is 0.104. The maximum absolute atomic E-state index is 13.0. The van der Waals surface area contributed by atoms with Gasteiger partial charge in [-0.05, 0) is 47.5 Å². The van der Waals surface area contributed by atoms with E-state index in [1.165, 1.54) is 0 Å². The Morgan fingerprint density at radius 1 is 1.00 bits per heavy atom. The average molecular weight is 418 g/mol. The Morgan fingerprint density at radius 3 is 2.62 bits per heavy atom. The summed E-state index contributed by atoms with van der Waals surface area (Å²) >= 11 is 6.01. The number of fused-ring (bicyclic) bond motifs is 1. The van der Waals surface area contributed by atoms with Gasteiger partial charge in [0.1, 0.15) is 4.91 Å². The summed E-state index contributed by atoms with van der Waals surface area (Å²) in [6.07, 6.45) is 2.24. The maximum Gasteiger partial charge on any atom is 0.205 e. The summed E-state index contributed by atoms with van der Waals surface area (Å²) in [4.78, 5) is 13.2. The van der Waals surface area contributed by atoms with Crippen molar-refractivity contribution in [3.05, 3.63) is 105 Å². The number of hydrogen-bond donors (Lipinski definition) is 1. The molecule has 0 radical (unpaired) electrons. The van der Waals surface area contributed by atoms with Gasteiger partial charge in [-0.2, -0.15) is 0 Å². The first-order valence-corrected chi connectivity index (χ1v) is 10.5. The van der Waals surface area contributed by atoms with Gasteiger partial charge in [-0.25, -0.2) is 4.21 Å². The molecule has 3 nitrogen and oxygen atoms in total. The molecule has 0 bridgehead atoms. The largest absolute Gasteiger partial charge is 0.300 e. The van der Waals surface area contributed by atoms with E-state index in [0.29, 0.717) is 22.7 Å². The molecule has 1 aliphatic rings. The maximum atomic E-state index is 13.0. The van der Waals surface area contributed by atoms with Crippen LogP contribution < -0.4 is 4.72 Å². The highest BCUT2D eigenvalue weighted by atomic mass is 35.5. The van der Waals surface area contributed by atoms with E-state index in [9.17, 15) is 9.00 Å². The average Bonchev–Trinajstić information content (AvgIpc) is 2.72. The molecule has 5 heteroatoms. The van der Waals surface area contributed by atoms with Crippen molar-refractivity contribution < 1.29 is 9.00 Å². The third kappa shape index (κ3) is 4.48. The lowest BCUT2D eigenvalue weighted by atomic mass is 10.0. The minimum atomic E-state index is -1.63. The van der Waals surface area contributed by atoms with E-state index >= 15 is 0 Å². The number of anilines is 1. The van der Waals surface area contributed by atoms with E-state index in [4.69, 9.17) is 11.6 Å². The third-order valence-electron chi connectivity index (χ3n) is 4.40. The van der Waals surface area contributed by atoms with E-state index < -0.39 is 11.0 Å². The highest BCUT2D eigenvalue weighted by molar-refractivity contribution is 7.91. The van der Waals surface area contributed by atoms with Crippen molar-refractivity contribution in [1.29, 1.82) is 0 Å². The topological polar surface area (TPSA) is 46.2 Å². The molecule has 0 aromatic heterocycles. The second-order valence-electron chi connectivity index (χ2n) is 6.49. The van der Waals surface area contributed by atoms with Gasteiger partial charge in [0, 0.05) is 22.6 Å². The van der Waals surface area contributed by atoms with Crippen molar-refractivity contribution in [2.45, 2.75) is 6.42 Å². The van der Waals surface area contributed by atoms with Gasteiger partial charge in [-0.3, -0.25) is 4.79 Å². The number of benzene rings is 3. The monoisotopic (exact) mass is 417 g/mol. The summed E-state index contributed by atoms with van der Waals surface area (Å²) in [5.74, 6) is 5.96. The predicted octanol–water partition coefficient (Wildman–Crippen LogP) is 5.25. The Hall–Kier alpha value is -3.13. The highest BCUT2D eigenvalue weighted by Crippen LogP contribution is 2.29. The first kappa shape index (κ1) is 19.2. The van der Waals surface area contributed by atoms with E-state index in [-0.39, 0.29) is 10.7 Å². The van der Waals surface area contributed by atoms with Gasteiger partial charge in [0.2, 0.25) is 5.78 Å². The van der Waals surface area contributed by atoms with E-state index in [1.54, 1.807) is 36.4 Å². The summed E-state index contributed by atoms with van der Waals surface area (Å²) < 4.78 is 15.4. The van der Waals surface area contributed by atoms with Crippen molar-refractivity contribution >= 4 is 40.1 Å². The molecular weight excluding hydrogens is 402 g/mol. The molecule has 1 aliphatic heterocycles. The van der Waals surface area contributed by atoms with E-state index in [2.05, 4.69) is 16.6 Å². The minimum absolute atomic E-state index is 0.189. The minimum Gasteiger partial charge on any atom is -0.300 e. The summed E-state index contributed by atoms with van der Waals surface area (Å²) in [5, 5.41) is 0.553. The molecule has 1 N–H and O–H groups in total. The number of carbonyl (C=O) groups excluding carboxylic acids is 1. The quantitative estimate of drug-likeness (QED) is 0.457. The molecule has 4 rings (SSSR count). The van der Waals surface area contributed by atoms with Gasteiger partial charge in [0.15, 0.2) is 11.0 Å². The molecular formula is C24H16ClNO2S. The molecule has 29 heavy (non-hydrogen) atoms. The van der Waals surface area contributed by atoms with Crippen molar-refractivity contribution in [3.63, 3.8) is 0 Å². The molecule has 3 aromatic carbocycles. The van der Waals surface area contributed by atoms with Crippen LogP contribution in [0.1, 0.15) is 27.0 Å². The number of carbonyl (C=O) groups is 1. The second-order valence-corrected chi connectivity index (χ2v) is 8.11. The third-order valence-corrected chi connectivity index (χ3v) is 5.75. The van der Waals surface area contributed by atoms with Crippen LogP contribution in [0.5, 0.6) is 0 Å². The molecule has 0 amide bonds. The molecule has 0 aliphatic carbocycles. The van der Waals surface area contributed by atoms with Crippen LogP contribution in [0, 0.1) is 11.8 Å². The number of halogens is 1. The van der Waals surface area contributed by atoms with Crippen LogP contribution in [0.15, 0.2) is 77.7 Å². The Labute approximate surface area is 177 Å². The molecule has 0 saturated heterocycles.